The van der Waals surface area contributed by atoms with Gasteiger partial charge in [0.2, 0.25) is 0 Å². The van der Waals surface area contributed by atoms with Crippen LogP contribution in [-0.4, -0.2) is 11.1 Å². The van der Waals surface area contributed by atoms with Crippen LogP contribution in [0.15, 0.2) is 42.5 Å². The number of aliphatic hydroxyl groups is 1. The second-order valence-corrected chi connectivity index (χ2v) is 4.88. The molecule has 0 fully saturated rings. The van der Waals surface area contributed by atoms with E-state index in [0.29, 0.717) is 11.3 Å². The third kappa shape index (κ3) is 3.93. The number of rotatable bonds is 3. The van der Waals surface area contributed by atoms with Crippen LogP contribution in [0, 0.1) is 5.82 Å². The highest BCUT2D eigenvalue weighted by Crippen LogP contribution is 2.25. The zero-order valence-corrected chi connectivity index (χ0v) is 12.0. The summed E-state index contributed by atoms with van der Waals surface area (Å²) in [5.41, 5.74) is 1.07. The molecule has 2 aromatic carbocycles. The van der Waals surface area contributed by atoms with Gasteiger partial charge in [-0.3, -0.25) is 0 Å². The second-order valence-electron chi connectivity index (χ2n) is 4.48. The molecule has 0 aliphatic rings. The highest BCUT2D eigenvalue weighted by atomic mass is 35.5. The van der Waals surface area contributed by atoms with Gasteiger partial charge in [0.1, 0.15) is 5.82 Å². The van der Waals surface area contributed by atoms with Crippen molar-refractivity contribution in [3.05, 3.63) is 58.9 Å². The molecule has 6 heteroatoms. The molecule has 3 N–H and O–H groups in total. The molecule has 21 heavy (non-hydrogen) atoms. The number of nitrogens with one attached hydrogen (secondary N) is 2. The standard InChI is InChI=1S/C15H14ClFN2O2/c1-9(20)10-4-2-5-11(8-10)18-15(21)19-14-12(16)6-3-7-13(14)17/h2-9,20H,1H3,(H2,18,19,21). The van der Waals surface area contributed by atoms with E-state index in [4.69, 9.17) is 11.6 Å². The summed E-state index contributed by atoms with van der Waals surface area (Å²) in [6.07, 6.45) is -0.643. The lowest BCUT2D eigenvalue weighted by molar-refractivity contribution is 0.199. The predicted octanol–water partition coefficient (Wildman–Crippen LogP) is 4.18. The van der Waals surface area contributed by atoms with Gasteiger partial charge in [-0.15, -0.1) is 0 Å². The Kier molecular flexibility index (Phi) is 4.77. The van der Waals surface area contributed by atoms with Gasteiger partial charge in [0.15, 0.2) is 0 Å². The first-order valence-electron chi connectivity index (χ1n) is 6.27. The van der Waals surface area contributed by atoms with Gasteiger partial charge in [-0.25, -0.2) is 9.18 Å². The Morgan fingerprint density at radius 2 is 1.95 bits per heavy atom. The maximum absolute atomic E-state index is 13.6. The first-order chi connectivity index (χ1) is 9.97. The first kappa shape index (κ1) is 15.3. The molecule has 0 spiro atoms. The second kappa shape index (κ2) is 6.56. The molecule has 2 rings (SSSR count). The molecule has 0 aromatic heterocycles. The van der Waals surface area contributed by atoms with Crippen LogP contribution >= 0.6 is 11.6 Å². The number of amides is 2. The van der Waals surface area contributed by atoms with Crippen molar-refractivity contribution in [1.82, 2.24) is 0 Å². The zero-order valence-electron chi connectivity index (χ0n) is 11.2. The van der Waals surface area contributed by atoms with Crippen molar-refractivity contribution in [2.24, 2.45) is 0 Å². The quantitative estimate of drug-likeness (QED) is 0.796. The van der Waals surface area contributed by atoms with Gasteiger partial charge in [-0.1, -0.05) is 29.8 Å². The van der Waals surface area contributed by atoms with Crippen LogP contribution in [0.25, 0.3) is 0 Å². The number of carbonyl (C=O) groups is 1. The summed E-state index contributed by atoms with van der Waals surface area (Å²) < 4.78 is 13.6. The van der Waals surface area contributed by atoms with Crippen molar-refractivity contribution in [1.29, 1.82) is 0 Å². The van der Waals surface area contributed by atoms with Crippen LogP contribution < -0.4 is 10.6 Å². The molecule has 1 unspecified atom stereocenters. The number of hydrogen-bond acceptors (Lipinski definition) is 2. The Morgan fingerprint density at radius 1 is 1.24 bits per heavy atom. The summed E-state index contributed by atoms with van der Waals surface area (Å²) in [5, 5.41) is 14.5. The molecule has 1 atom stereocenters. The molecule has 110 valence electrons. The Labute approximate surface area is 126 Å². The summed E-state index contributed by atoms with van der Waals surface area (Å²) in [6.45, 7) is 1.62. The van der Waals surface area contributed by atoms with Gasteiger partial charge < -0.3 is 15.7 Å². The Bertz CT molecular complexity index is 642. The van der Waals surface area contributed by atoms with E-state index in [1.165, 1.54) is 18.2 Å². The Morgan fingerprint density at radius 3 is 2.62 bits per heavy atom. The van der Waals surface area contributed by atoms with E-state index in [1.807, 2.05) is 0 Å². The lowest BCUT2D eigenvalue weighted by Crippen LogP contribution is -2.20. The largest absolute Gasteiger partial charge is 0.389 e. The normalized spacial score (nSPS) is 11.8. The van der Waals surface area contributed by atoms with Gasteiger partial charge in [0.25, 0.3) is 0 Å². The number of urea groups is 1. The third-order valence-corrected chi connectivity index (χ3v) is 3.14. The van der Waals surface area contributed by atoms with E-state index in [1.54, 1.807) is 31.2 Å². The molecular weight excluding hydrogens is 295 g/mol. The molecule has 0 aliphatic heterocycles. The Balaban J connectivity index is 2.10. The minimum atomic E-state index is -0.643. The molecule has 0 radical (unpaired) electrons. The molecule has 0 bridgehead atoms. The monoisotopic (exact) mass is 308 g/mol. The van der Waals surface area contributed by atoms with Crippen molar-refractivity contribution >= 4 is 29.0 Å². The lowest BCUT2D eigenvalue weighted by atomic mass is 10.1. The number of aliphatic hydroxyl groups excluding tert-OH is 1. The minimum absolute atomic E-state index is 0.0802. The van der Waals surface area contributed by atoms with E-state index in [9.17, 15) is 14.3 Å². The highest BCUT2D eigenvalue weighted by molar-refractivity contribution is 6.33. The number of halogens is 2. The van der Waals surface area contributed by atoms with Crippen molar-refractivity contribution in [3.8, 4) is 0 Å². The van der Waals surface area contributed by atoms with E-state index in [2.05, 4.69) is 10.6 Å². The van der Waals surface area contributed by atoms with E-state index < -0.39 is 18.0 Å². The number of anilines is 2. The Hall–Kier alpha value is -2.11. The summed E-state index contributed by atoms with van der Waals surface area (Å²) >= 11 is 5.83. The van der Waals surface area contributed by atoms with Crippen LogP contribution in [0.4, 0.5) is 20.6 Å². The van der Waals surface area contributed by atoms with Gasteiger partial charge >= 0.3 is 6.03 Å². The summed E-state index contributed by atoms with van der Waals surface area (Å²) in [6, 6.07) is 10.2. The SMILES string of the molecule is CC(O)c1cccc(NC(=O)Nc2c(F)cccc2Cl)c1. The summed E-state index contributed by atoms with van der Waals surface area (Å²) in [7, 11) is 0. The van der Waals surface area contributed by atoms with Gasteiger partial charge in [-0.05, 0) is 36.8 Å². The number of hydrogen-bond donors (Lipinski definition) is 3. The molecule has 0 saturated heterocycles. The fraction of sp³-hybridized carbons (Fsp3) is 0.133. The van der Waals surface area contributed by atoms with Gasteiger partial charge in [0, 0.05) is 5.69 Å². The van der Waals surface area contributed by atoms with E-state index >= 15 is 0 Å². The van der Waals surface area contributed by atoms with Crippen molar-refractivity contribution in [2.75, 3.05) is 10.6 Å². The maximum Gasteiger partial charge on any atom is 0.323 e. The molecule has 0 saturated carbocycles. The number of para-hydroxylation sites is 1. The maximum atomic E-state index is 13.6. The summed E-state index contributed by atoms with van der Waals surface area (Å²) in [5.74, 6) is -0.615. The topological polar surface area (TPSA) is 61.4 Å². The predicted molar refractivity (Wildman–Crippen MR) is 81.1 cm³/mol. The molecule has 2 amide bonds. The van der Waals surface area contributed by atoms with Crippen LogP contribution in [0.1, 0.15) is 18.6 Å². The van der Waals surface area contributed by atoms with Gasteiger partial charge in [-0.2, -0.15) is 0 Å². The number of benzene rings is 2. The average Bonchev–Trinajstić information content (AvgIpc) is 2.43. The molecule has 2 aromatic rings. The molecule has 0 aliphatic carbocycles. The van der Waals surface area contributed by atoms with Crippen LogP contribution in [0.5, 0.6) is 0 Å². The first-order valence-corrected chi connectivity index (χ1v) is 6.65. The van der Waals surface area contributed by atoms with E-state index in [-0.39, 0.29) is 10.7 Å². The van der Waals surface area contributed by atoms with Crippen LogP contribution in [0.3, 0.4) is 0 Å². The average molecular weight is 309 g/mol. The minimum Gasteiger partial charge on any atom is -0.389 e. The van der Waals surface area contributed by atoms with Crippen molar-refractivity contribution in [3.63, 3.8) is 0 Å². The van der Waals surface area contributed by atoms with Gasteiger partial charge in [0.05, 0.1) is 16.8 Å². The molecule has 4 nitrogen and oxygen atoms in total. The van der Waals surface area contributed by atoms with Crippen LogP contribution in [-0.2, 0) is 0 Å². The van der Waals surface area contributed by atoms with Crippen molar-refractivity contribution < 1.29 is 14.3 Å². The van der Waals surface area contributed by atoms with Crippen molar-refractivity contribution in [2.45, 2.75) is 13.0 Å². The van der Waals surface area contributed by atoms with E-state index in [0.717, 1.165) is 0 Å². The summed E-state index contributed by atoms with van der Waals surface area (Å²) in [4.78, 5) is 11.9. The van der Waals surface area contributed by atoms with Crippen LogP contribution in [0.2, 0.25) is 5.02 Å². The zero-order chi connectivity index (χ0) is 15.4. The molecule has 0 heterocycles. The number of carbonyl (C=O) groups excluding carboxylic acids is 1. The highest BCUT2D eigenvalue weighted by Gasteiger charge is 2.11. The fourth-order valence-corrected chi connectivity index (χ4v) is 1.98. The fourth-order valence-electron chi connectivity index (χ4n) is 1.77. The smallest absolute Gasteiger partial charge is 0.323 e. The third-order valence-electron chi connectivity index (χ3n) is 2.83. The molecular formula is C15H14ClFN2O2. The lowest BCUT2D eigenvalue weighted by Gasteiger charge is -2.11.